The summed E-state index contributed by atoms with van der Waals surface area (Å²) in [5.74, 6) is 0.682. The van der Waals surface area contributed by atoms with Crippen molar-refractivity contribution in [3.8, 4) is 11.7 Å². The van der Waals surface area contributed by atoms with Crippen molar-refractivity contribution in [3.63, 3.8) is 0 Å². The molecule has 0 aliphatic heterocycles. The Hall–Kier alpha value is -2.86. The van der Waals surface area contributed by atoms with Crippen molar-refractivity contribution in [2.45, 2.75) is 25.9 Å². The van der Waals surface area contributed by atoms with Crippen molar-refractivity contribution in [1.82, 2.24) is 14.8 Å². The van der Waals surface area contributed by atoms with Crippen LogP contribution in [0, 0.1) is 5.92 Å². The number of pyridine rings is 1. The molecule has 0 saturated heterocycles. The standard InChI is InChI=1S/C20H18ClN3O3/c21-17-5-3-14(4-6-17)12-27-19-16(9-13-1-2-13)11-23-24(19)18-10-15(20(25)26)7-8-22-18/h3-8,10-11,13H,1-2,9,12H2,(H,25,26). The summed E-state index contributed by atoms with van der Waals surface area (Å²) in [4.78, 5) is 15.5. The Kier molecular flexibility index (Phi) is 4.81. The molecule has 1 aliphatic carbocycles. The fraction of sp³-hybridized carbons (Fsp3) is 0.250. The number of aromatic nitrogens is 3. The molecule has 6 nitrogen and oxygen atoms in total. The predicted octanol–water partition coefficient (Wildman–Crippen LogP) is 4.15. The summed E-state index contributed by atoms with van der Waals surface area (Å²) in [6, 6.07) is 10.4. The summed E-state index contributed by atoms with van der Waals surface area (Å²) in [5, 5.41) is 14.3. The highest BCUT2D eigenvalue weighted by Gasteiger charge is 2.26. The highest BCUT2D eigenvalue weighted by molar-refractivity contribution is 6.30. The van der Waals surface area contributed by atoms with Gasteiger partial charge in [0.05, 0.1) is 11.8 Å². The SMILES string of the molecule is O=C(O)c1ccnc(-n2ncc(CC3CC3)c2OCc2ccc(Cl)cc2)c1. The molecule has 1 saturated carbocycles. The smallest absolute Gasteiger partial charge is 0.335 e. The summed E-state index contributed by atoms with van der Waals surface area (Å²) in [5.41, 5.74) is 2.15. The molecule has 1 fully saturated rings. The summed E-state index contributed by atoms with van der Waals surface area (Å²) in [6.07, 6.45) is 6.58. The third-order valence-corrected chi connectivity index (χ3v) is 4.75. The fourth-order valence-electron chi connectivity index (χ4n) is 2.86. The average molecular weight is 384 g/mol. The summed E-state index contributed by atoms with van der Waals surface area (Å²) in [7, 11) is 0. The Labute approximate surface area is 161 Å². The number of aromatic carboxylic acids is 1. The Bertz CT molecular complexity index is 965. The summed E-state index contributed by atoms with van der Waals surface area (Å²) < 4.78 is 7.66. The quantitative estimate of drug-likeness (QED) is 0.663. The topological polar surface area (TPSA) is 77.2 Å². The van der Waals surface area contributed by atoms with Crippen molar-refractivity contribution in [2.75, 3.05) is 0 Å². The maximum atomic E-state index is 11.3. The first-order chi connectivity index (χ1) is 13.1. The number of halogens is 1. The number of ether oxygens (including phenoxy) is 1. The van der Waals surface area contributed by atoms with Crippen LogP contribution in [0.3, 0.4) is 0 Å². The van der Waals surface area contributed by atoms with E-state index >= 15 is 0 Å². The Morgan fingerprint density at radius 3 is 2.74 bits per heavy atom. The number of carboxylic acid groups (broad SMARTS) is 1. The average Bonchev–Trinajstić information content (AvgIpc) is 3.40. The second kappa shape index (κ2) is 7.40. The van der Waals surface area contributed by atoms with E-state index in [2.05, 4.69) is 10.1 Å². The molecule has 0 atom stereocenters. The van der Waals surface area contributed by atoms with E-state index in [0.717, 1.165) is 17.5 Å². The van der Waals surface area contributed by atoms with Gasteiger partial charge in [0.25, 0.3) is 0 Å². The molecule has 0 radical (unpaired) electrons. The summed E-state index contributed by atoms with van der Waals surface area (Å²) >= 11 is 5.94. The second-order valence-corrected chi connectivity index (χ2v) is 7.09. The van der Waals surface area contributed by atoms with Gasteiger partial charge < -0.3 is 9.84 Å². The minimum atomic E-state index is -1.01. The minimum absolute atomic E-state index is 0.155. The lowest BCUT2D eigenvalue weighted by Gasteiger charge is -2.11. The molecule has 7 heteroatoms. The van der Waals surface area contributed by atoms with Crippen molar-refractivity contribution >= 4 is 17.6 Å². The third kappa shape index (κ3) is 4.11. The Morgan fingerprint density at radius 2 is 2.04 bits per heavy atom. The molecule has 0 unspecified atom stereocenters. The normalized spacial score (nSPS) is 13.5. The molecule has 3 aromatic rings. The highest BCUT2D eigenvalue weighted by atomic mass is 35.5. The van der Waals surface area contributed by atoms with Crippen molar-refractivity contribution in [1.29, 1.82) is 0 Å². The van der Waals surface area contributed by atoms with E-state index in [-0.39, 0.29) is 5.56 Å². The van der Waals surface area contributed by atoms with Crippen LogP contribution in [-0.4, -0.2) is 25.8 Å². The van der Waals surface area contributed by atoms with E-state index in [0.29, 0.717) is 29.2 Å². The van der Waals surface area contributed by atoms with E-state index in [1.807, 2.05) is 24.3 Å². The second-order valence-electron chi connectivity index (χ2n) is 6.66. The first-order valence-corrected chi connectivity index (χ1v) is 9.12. The van der Waals surface area contributed by atoms with Crippen LogP contribution in [-0.2, 0) is 13.0 Å². The monoisotopic (exact) mass is 383 g/mol. The molecule has 0 bridgehead atoms. The lowest BCUT2D eigenvalue weighted by atomic mass is 10.2. The van der Waals surface area contributed by atoms with Gasteiger partial charge in [-0.2, -0.15) is 9.78 Å². The van der Waals surface area contributed by atoms with E-state index in [1.54, 1.807) is 10.9 Å². The zero-order chi connectivity index (χ0) is 18.8. The lowest BCUT2D eigenvalue weighted by Crippen LogP contribution is -2.08. The van der Waals surface area contributed by atoms with Crippen LogP contribution in [0.5, 0.6) is 5.88 Å². The van der Waals surface area contributed by atoms with Crippen LogP contribution >= 0.6 is 11.6 Å². The molecule has 2 heterocycles. The number of carboxylic acids is 1. The third-order valence-electron chi connectivity index (χ3n) is 4.50. The maximum Gasteiger partial charge on any atom is 0.335 e. The van der Waals surface area contributed by atoms with Crippen molar-refractivity contribution in [3.05, 3.63) is 70.5 Å². The molecule has 1 N–H and O–H groups in total. The van der Waals surface area contributed by atoms with Gasteiger partial charge in [-0.25, -0.2) is 9.78 Å². The largest absolute Gasteiger partial charge is 0.478 e. The molecule has 0 spiro atoms. The van der Waals surface area contributed by atoms with Crippen LogP contribution in [0.1, 0.15) is 34.3 Å². The van der Waals surface area contributed by atoms with Gasteiger partial charge in [0, 0.05) is 16.8 Å². The minimum Gasteiger partial charge on any atom is -0.478 e. The Balaban J connectivity index is 1.64. The van der Waals surface area contributed by atoms with E-state index in [4.69, 9.17) is 16.3 Å². The summed E-state index contributed by atoms with van der Waals surface area (Å²) in [6.45, 7) is 0.360. The van der Waals surface area contributed by atoms with Crippen molar-refractivity contribution in [2.24, 2.45) is 5.92 Å². The number of nitrogens with zero attached hydrogens (tertiary/aromatic N) is 3. The van der Waals surface area contributed by atoms with Gasteiger partial charge in [-0.3, -0.25) is 0 Å². The van der Waals surface area contributed by atoms with Gasteiger partial charge in [0.2, 0.25) is 5.88 Å². The molecule has 138 valence electrons. The molecule has 2 aromatic heterocycles. The molecule has 27 heavy (non-hydrogen) atoms. The number of benzene rings is 1. The molecule has 1 aromatic carbocycles. The maximum absolute atomic E-state index is 11.3. The van der Waals surface area contributed by atoms with E-state index in [9.17, 15) is 9.90 Å². The molecular weight excluding hydrogens is 366 g/mol. The van der Waals surface area contributed by atoms with Gasteiger partial charge >= 0.3 is 5.97 Å². The number of hydrogen-bond donors (Lipinski definition) is 1. The molecule has 0 amide bonds. The van der Waals surface area contributed by atoms with Crippen molar-refractivity contribution < 1.29 is 14.6 Å². The Morgan fingerprint density at radius 1 is 1.26 bits per heavy atom. The van der Waals surface area contributed by atoms with Crippen LogP contribution in [0.25, 0.3) is 5.82 Å². The zero-order valence-electron chi connectivity index (χ0n) is 14.5. The predicted molar refractivity (Wildman–Crippen MR) is 101 cm³/mol. The molecule has 4 rings (SSSR count). The van der Waals surface area contributed by atoms with Crippen LogP contribution in [0.2, 0.25) is 5.02 Å². The van der Waals surface area contributed by atoms with Crippen LogP contribution in [0.4, 0.5) is 0 Å². The number of carbonyl (C=O) groups is 1. The van der Waals surface area contributed by atoms with E-state index < -0.39 is 5.97 Å². The zero-order valence-corrected chi connectivity index (χ0v) is 15.3. The molecule has 1 aliphatic rings. The van der Waals surface area contributed by atoms with Gasteiger partial charge in [-0.05, 0) is 55.0 Å². The number of rotatable bonds is 7. The highest BCUT2D eigenvalue weighted by Crippen LogP contribution is 2.36. The van der Waals surface area contributed by atoms with Gasteiger partial charge in [-0.15, -0.1) is 0 Å². The number of hydrogen-bond acceptors (Lipinski definition) is 4. The van der Waals surface area contributed by atoms with Crippen LogP contribution < -0.4 is 4.74 Å². The lowest BCUT2D eigenvalue weighted by molar-refractivity contribution is 0.0696. The van der Waals surface area contributed by atoms with Gasteiger partial charge in [0.1, 0.15) is 6.61 Å². The first-order valence-electron chi connectivity index (χ1n) is 8.74. The molecular formula is C20H18ClN3O3. The van der Waals surface area contributed by atoms with E-state index in [1.165, 1.54) is 31.2 Å². The van der Waals surface area contributed by atoms with Gasteiger partial charge in [-0.1, -0.05) is 23.7 Å². The first kappa shape index (κ1) is 17.5. The fourth-order valence-corrected chi connectivity index (χ4v) is 2.99. The van der Waals surface area contributed by atoms with Crippen LogP contribution in [0.15, 0.2) is 48.8 Å². The van der Waals surface area contributed by atoms with Gasteiger partial charge in [0.15, 0.2) is 5.82 Å².